The van der Waals surface area contributed by atoms with Crippen molar-refractivity contribution >= 4 is 12.0 Å². The van der Waals surface area contributed by atoms with Crippen LogP contribution >= 0.6 is 0 Å². The highest BCUT2D eigenvalue weighted by molar-refractivity contribution is 5.77. The van der Waals surface area contributed by atoms with Gasteiger partial charge in [-0.25, -0.2) is 9.18 Å². The average molecular weight is 300 g/mol. The number of ether oxygens (including phenoxy) is 1. The first-order chi connectivity index (χ1) is 9.78. The fourth-order valence-electron chi connectivity index (χ4n) is 2.87. The third-order valence-electron chi connectivity index (χ3n) is 3.91. The summed E-state index contributed by atoms with van der Waals surface area (Å²) < 4.78 is 19.5. The van der Waals surface area contributed by atoms with Gasteiger partial charge in [-0.15, -0.1) is 0 Å². The molecule has 5 nitrogen and oxygen atoms in total. The number of amides is 2. The lowest BCUT2D eigenvalue weighted by atomic mass is 9.99. The molecule has 2 atom stereocenters. The second-order valence-electron chi connectivity index (χ2n) is 6.84. The standard InChI is InChI=1S/C15H25FN2O3/c1-15(2,3)21-14(20)17-9-7-11(16)12(10-17)18-8-5-4-6-13(18)19/h11-12H,4-10H2,1-3H3. The molecule has 0 bridgehead atoms. The van der Waals surface area contributed by atoms with Crippen LogP contribution in [0.2, 0.25) is 0 Å². The summed E-state index contributed by atoms with van der Waals surface area (Å²) in [5, 5.41) is 0. The predicted molar refractivity (Wildman–Crippen MR) is 76.7 cm³/mol. The monoisotopic (exact) mass is 300 g/mol. The normalized spacial score (nSPS) is 27.7. The van der Waals surface area contributed by atoms with Gasteiger partial charge in [-0.2, -0.15) is 0 Å². The van der Waals surface area contributed by atoms with Crippen LogP contribution in [0.25, 0.3) is 0 Å². The van der Waals surface area contributed by atoms with Gasteiger partial charge in [0.25, 0.3) is 0 Å². The number of hydrogen-bond donors (Lipinski definition) is 0. The summed E-state index contributed by atoms with van der Waals surface area (Å²) in [5.74, 6) is -0.0000567. The molecule has 2 unspecified atom stereocenters. The van der Waals surface area contributed by atoms with E-state index in [1.807, 2.05) is 0 Å². The Morgan fingerprint density at radius 2 is 2.00 bits per heavy atom. The van der Waals surface area contributed by atoms with Gasteiger partial charge in [0.15, 0.2) is 0 Å². The molecule has 2 aliphatic heterocycles. The highest BCUT2D eigenvalue weighted by Crippen LogP contribution is 2.24. The number of piperidine rings is 2. The van der Waals surface area contributed by atoms with Crippen molar-refractivity contribution in [3.05, 3.63) is 0 Å². The smallest absolute Gasteiger partial charge is 0.410 e. The summed E-state index contributed by atoms with van der Waals surface area (Å²) >= 11 is 0. The van der Waals surface area contributed by atoms with Crippen molar-refractivity contribution in [2.24, 2.45) is 0 Å². The van der Waals surface area contributed by atoms with E-state index in [1.54, 1.807) is 25.7 Å². The molecular weight excluding hydrogens is 275 g/mol. The molecule has 0 aromatic heterocycles. The maximum atomic E-state index is 14.2. The summed E-state index contributed by atoms with van der Waals surface area (Å²) in [7, 11) is 0. The molecule has 2 aliphatic rings. The van der Waals surface area contributed by atoms with E-state index in [0.717, 1.165) is 12.8 Å². The number of halogens is 1. The van der Waals surface area contributed by atoms with Gasteiger partial charge >= 0.3 is 6.09 Å². The third-order valence-corrected chi connectivity index (χ3v) is 3.91. The minimum atomic E-state index is -1.06. The molecule has 0 saturated carbocycles. The Labute approximate surface area is 125 Å². The van der Waals surface area contributed by atoms with E-state index in [1.165, 1.54) is 4.90 Å². The first-order valence-electron chi connectivity index (χ1n) is 7.69. The Bertz CT molecular complexity index is 408. The highest BCUT2D eigenvalue weighted by Gasteiger charge is 2.39. The molecular formula is C15H25FN2O3. The largest absolute Gasteiger partial charge is 0.444 e. The van der Waals surface area contributed by atoms with Crippen molar-refractivity contribution in [3.63, 3.8) is 0 Å². The predicted octanol–water partition coefficient (Wildman–Crippen LogP) is 2.35. The van der Waals surface area contributed by atoms with Gasteiger partial charge in [-0.3, -0.25) is 4.79 Å². The topological polar surface area (TPSA) is 49.9 Å². The van der Waals surface area contributed by atoms with Gasteiger partial charge < -0.3 is 14.5 Å². The first kappa shape index (κ1) is 16.0. The Morgan fingerprint density at radius 3 is 2.62 bits per heavy atom. The number of hydrogen-bond acceptors (Lipinski definition) is 3. The number of nitrogens with zero attached hydrogens (tertiary/aromatic N) is 2. The molecule has 2 heterocycles. The van der Waals surface area contributed by atoms with E-state index in [-0.39, 0.29) is 18.9 Å². The molecule has 0 aromatic carbocycles. The molecule has 0 aliphatic carbocycles. The minimum Gasteiger partial charge on any atom is -0.444 e. The number of carbonyl (C=O) groups excluding carboxylic acids is 2. The lowest BCUT2D eigenvalue weighted by molar-refractivity contribution is -0.139. The summed E-state index contributed by atoms with van der Waals surface area (Å²) in [6.45, 7) is 6.57. The molecule has 120 valence electrons. The van der Waals surface area contributed by atoms with Gasteiger partial charge in [0.2, 0.25) is 5.91 Å². The van der Waals surface area contributed by atoms with Crippen LogP contribution in [-0.2, 0) is 9.53 Å². The first-order valence-corrected chi connectivity index (χ1v) is 7.69. The zero-order valence-electron chi connectivity index (χ0n) is 13.1. The maximum Gasteiger partial charge on any atom is 0.410 e. The van der Waals surface area contributed by atoms with E-state index < -0.39 is 23.9 Å². The zero-order chi connectivity index (χ0) is 15.6. The van der Waals surface area contributed by atoms with Gasteiger partial charge in [0.1, 0.15) is 11.8 Å². The molecule has 21 heavy (non-hydrogen) atoms. The summed E-state index contributed by atoms with van der Waals surface area (Å²) in [5.41, 5.74) is -0.569. The average Bonchev–Trinajstić information content (AvgIpc) is 2.38. The van der Waals surface area contributed by atoms with Gasteiger partial charge in [-0.05, 0) is 40.0 Å². The van der Waals surface area contributed by atoms with Crippen LogP contribution in [0.4, 0.5) is 9.18 Å². The number of carbonyl (C=O) groups is 2. The minimum absolute atomic E-state index is 0.0000567. The van der Waals surface area contributed by atoms with Crippen molar-refractivity contribution in [2.45, 2.75) is 64.3 Å². The second kappa shape index (κ2) is 6.20. The molecule has 0 aromatic rings. The van der Waals surface area contributed by atoms with Crippen LogP contribution in [-0.4, -0.2) is 59.2 Å². The Kier molecular flexibility index (Phi) is 4.74. The van der Waals surface area contributed by atoms with E-state index in [9.17, 15) is 14.0 Å². The Hall–Kier alpha value is -1.33. The quantitative estimate of drug-likeness (QED) is 0.747. The molecule has 6 heteroatoms. The molecule has 2 amide bonds. The van der Waals surface area contributed by atoms with E-state index >= 15 is 0 Å². The SMILES string of the molecule is CC(C)(C)OC(=O)N1CCC(F)C(N2CCCCC2=O)C1. The molecule has 2 fully saturated rings. The van der Waals surface area contributed by atoms with Crippen molar-refractivity contribution in [3.8, 4) is 0 Å². The molecule has 0 radical (unpaired) electrons. The van der Waals surface area contributed by atoms with Gasteiger partial charge in [-0.1, -0.05) is 0 Å². The fraction of sp³-hybridized carbons (Fsp3) is 0.867. The zero-order valence-corrected chi connectivity index (χ0v) is 13.1. The molecule has 2 saturated heterocycles. The van der Waals surface area contributed by atoms with Crippen LogP contribution in [0.15, 0.2) is 0 Å². The van der Waals surface area contributed by atoms with Crippen LogP contribution < -0.4 is 0 Å². The number of rotatable bonds is 1. The third kappa shape index (κ3) is 4.08. The molecule has 0 N–H and O–H groups in total. The second-order valence-corrected chi connectivity index (χ2v) is 6.84. The van der Waals surface area contributed by atoms with E-state index in [4.69, 9.17) is 4.74 Å². The van der Waals surface area contributed by atoms with Crippen molar-refractivity contribution in [1.82, 2.24) is 9.80 Å². The van der Waals surface area contributed by atoms with E-state index in [2.05, 4.69) is 0 Å². The van der Waals surface area contributed by atoms with Crippen LogP contribution in [0.5, 0.6) is 0 Å². The van der Waals surface area contributed by atoms with Crippen LogP contribution in [0.3, 0.4) is 0 Å². The van der Waals surface area contributed by atoms with Crippen LogP contribution in [0.1, 0.15) is 46.5 Å². The molecule has 2 rings (SSSR count). The van der Waals surface area contributed by atoms with Gasteiger partial charge in [0.05, 0.1) is 6.04 Å². The Morgan fingerprint density at radius 1 is 1.29 bits per heavy atom. The molecule has 0 spiro atoms. The summed E-state index contributed by atoms with van der Waals surface area (Å²) in [6, 6.07) is -0.529. The van der Waals surface area contributed by atoms with E-state index in [0.29, 0.717) is 19.5 Å². The number of likely N-dealkylation sites (tertiary alicyclic amines) is 2. The Balaban J connectivity index is 2.01. The lowest BCUT2D eigenvalue weighted by Crippen LogP contribution is -2.58. The fourth-order valence-corrected chi connectivity index (χ4v) is 2.87. The van der Waals surface area contributed by atoms with Crippen molar-refractivity contribution < 1.29 is 18.7 Å². The number of alkyl halides is 1. The van der Waals surface area contributed by atoms with Crippen LogP contribution in [0, 0.1) is 0 Å². The maximum absolute atomic E-state index is 14.2. The summed E-state index contributed by atoms with van der Waals surface area (Å²) in [4.78, 5) is 27.2. The van der Waals surface area contributed by atoms with Crippen molar-refractivity contribution in [1.29, 1.82) is 0 Å². The van der Waals surface area contributed by atoms with Crippen molar-refractivity contribution in [2.75, 3.05) is 19.6 Å². The summed E-state index contributed by atoms with van der Waals surface area (Å²) in [6.07, 6.45) is 1.02. The highest BCUT2D eigenvalue weighted by atomic mass is 19.1. The lowest BCUT2D eigenvalue weighted by Gasteiger charge is -2.42. The van der Waals surface area contributed by atoms with Gasteiger partial charge in [0, 0.05) is 26.1 Å².